The molecular formula is C14H22N2O4S. The summed E-state index contributed by atoms with van der Waals surface area (Å²) in [7, 11) is 0. The predicted molar refractivity (Wildman–Crippen MR) is 80.5 cm³/mol. The third kappa shape index (κ3) is 5.43. The van der Waals surface area contributed by atoms with E-state index in [9.17, 15) is 9.59 Å². The van der Waals surface area contributed by atoms with Gasteiger partial charge in [0.25, 0.3) is 5.91 Å². The van der Waals surface area contributed by atoms with Crippen LogP contribution in [-0.4, -0.2) is 34.6 Å². The zero-order chi connectivity index (χ0) is 16.0. The van der Waals surface area contributed by atoms with Crippen molar-refractivity contribution in [1.82, 2.24) is 10.3 Å². The SMILES string of the molecule is CCOC(C)c1ncc(C(=O)N[C@H](CC(C)C)C(=O)O)s1. The Balaban J connectivity index is 2.72. The number of ether oxygens (including phenoxy) is 1. The largest absolute Gasteiger partial charge is 0.480 e. The van der Waals surface area contributed by atoms with E-state index in [2.05, 4.69) is 10.3 Å². The molecule has 1 rings (SSSR count). The molecule has 2 N–H and O–H groups in total. The van der Waals surface area contributed by atoms with Crippen LogP contribution in [0.2, 0.25) is 0 Å². The lowest BCUT2D eigenvalue weighted by Crippen LogP contribution is -2.41. The molecule has 7 heteroatoms. The van der Waals surface area contributed by atoms with Gasteiger partial charge >= 0.3 is 5.97 Å². The van der Waals surface area contributed by atoms with Crippen molar-refractivity contribution in [2.45, 2.75) is 46.3 Å². The molecule has 0 radical (unpaired) electrons. The van der Waals surface area contributed by atoms with E-state index in [1.165, 1.54) is 17.5 Å². The van der Waals surface area contributed by atoms with Crippen LogP contribution in [0.25, 0.3) is 0 Å². The highest BCUT2D eigenvalue weighted by Crippen LogP contribution is 2.22. The number of amides is 1. The fourth-order valence-electron chi connectivity index (χ4n) is 1.82. The van der Waals surface area contributed by atoms with E-state index in [0.717, 1.165) is 0 Å². The molecule has 1 unspecified atom stereocenters. The van der Waals surface area contributed by atoms with E-state index >= 15 is 0 Å². The first-order valence-corrected chi connectivity index (χ1v) is 7.77. The van der Waals surface area contributed by atoms with Gasteiger partial charge in [-0.25, -0.2) is 9.78 Å². The molecule has 21 heavy (non-hydrogen) atoms. The topological polar surface area (TPSA) is 88.5 Å². The molecule has 0 aromatic carbocycles. The lowest BCUT2D eigenvalue weighted by atomic mass is 10.0. The standard InChI is InChI=1S/C14H22N2O4S/c1-5-20-9(4)13-15-7-11(21-13)12(17)16-10(14(18)19)6-8(2)3/h7-10H,5-6H2,1-4H3,(H,16,17)(H,18,19)/t9?,10-/m1/s1. The smallest absolute Gasteiger partial charge is 0.326 e. The maximum absolute atomic E-state index is 12.1. The molecule has 0 aliphatic rings. The second-order valence-electron chi connectivity index (χ2n) is 5.15. The maximum atomic E-state index is 12.1. The first-order valence-electron chi connectivity index (χ1n) is 6.96. The molecule has 1 heterocycles. The van der Waals surface area contributed by atoms with Crippen LogP contribution in [0.5, 0.6) is 0 Å². The van der Waals surface area contributed by atoms with Gasteiger partial charge in [-0.05, 0) is 26.2 Å². The average Bonchev–Trinajstić information content (AvgIpc) is 2.87. The number of carboxylic acids is 1. The van der Waals surface area contributed by atoms with Crippen molar-refractivity contribution >= 4 is 23.2 Å². The Labute approximate surface area is 128 Å². The van der Waals surface area contributed by atoms with E-state index in [1.54, 1.807) is 0 Å². The second-order valence-corrected chi connectivity index (χ2v) is 6.22. The minimum absolute atomic E-state index is 0.174. The van der Waals surface area contributed by atoms with Gasteiger partial charge in [-0.2, -0.15) is 0 Å². The Bertz CT molecular complexity index is 487. The van der Waals surface area contributed by atoms with E-state index in [1.807, 2.05) is 27.7 Å². The molecule has 0 spiro atoms. The number of hydrogen-bond acceptors (Lipinski definition) is 5. The Morgan fingerprint density at radius 1 is 1.43 bits per heavy atom. The van der Waals surface area contributed by atoms with Crippen LogP contribution in [0.3, 0.4) is 0 Å². The number of carbonyl (C=O) groups excluding carboxylic acids is 1. The number of rotatable bonds is 8. The molecule has 6 nitrogen and oxygen atoms in total. The molecule has 1 aromatic heterocycles. The maximum Gasteiger partial charge on any atom is 0.326 e. The Kier molecular flexibility index (Phi) is 6.77. The molecule has 0 saturated carbocycles. The molecule has 0 bridgehead atoms. The van der Waals surface area contributed by atoms with Crippen molar-refractivity contribution in [3.63, 3.8) is 0 Å². The summed E-state index contributed by atoms with van der Waals surface area (Å²) in [5, 5.41) is 12.4. The normalized spacial score (nSPS) is 14.0. The number of hydrogen-bond donors (Lipinski definition) is 2. The molecule has 1 amide bonds. The third-order valence-electron chi connectivity index (χ3n) is 2.82. The summed E-state index contributed by atoms with van der Waals surface area (Å²) < 4.78 is 5.41. The minimum atomic E-state index is -1.02. The van der Waals surface area contributed by atoms with Gasteiger partial charge < -0.3 is 15.2 Å². The number of aromatic nitrogens is 1. The van der Waals surface area contributed by atoms with Gasteiger partial charge in [0.15, 0.2) is 0 Å². The van der Waals surface area contributed by atoms with Crippen molar-refractivity contribution in [3.05, 3.63) is 16.1 Å². The van der Waals surface area contributed by atoms with Gasteiger partial charge in [-0.15, -0.1) is 11.3 Å². The zero-order valence-electron chi connectivity index (χ0n) is 12.8. The number of nitrogens with one attached hydrogen (secondary N) is 1. The third-order valence-corrected chi connectivity index (χ3v) is 3.98. The van der Waals surface area contributed by atoms with Gasteiger partial charge in [-0.3, -0.25) is 4.79 Å². The highest BCUT2D eigenvalue weighted by atomic mass is 32.1. The first-order chi connectivity index (χ1) is 9.85. The summed E-state index contributed by atoms with van der Waals surface area (Å²) in [4.78, 5) is 27.8. The van der Waals surface area contributed by atoms with Crippen LogP contribution in [0.4, 0.5) is 0 Å². The van der Waals surface area contributed by atoms with Crippen molar-refractivity contribution in [3.8, 4) is 0 Å². The lowest BCUT2D eigenvalue weighted by Gasteiger charge is -2.15. The number of carbonyl (C=O) groups is 2. The molecule has 0 aliphatic heterocycles. The molecular weight excluding hydrogens is 292 g/mol. The van der Waals surface area contributed by atoms with Crippen molar-refractivity contribution < 1.29 is 19.4 Å². The van der Waals surface area contributed by atoms with Gasteiger partial charge in [0.2, 0.25) is 0 Å². The van der Waals surface area contributed by atoms with E-state index in [4.69, 9.17) is 9.84 Å². The van der Waals surface area contributed by atoms with Crippen LogP contribution in [0.15, 0.2) is 6.20 Å². The van der Waals surface area contributed by atoms with Crippen LogP contribution in [-0.2, 0) is 9.53 Å². The number of thiazole rings is 1. The Morgan fingerprint density at radius 3 is 2.62 bits per heavy atom. The molecule has 1 aromatic rings. The molecule has 118 valence electrons. The zero-order valence-corrected chi connectivity index (χ0v) is 13.6. The van der Waals surface area contributed by atoms with E-state index < -0.39 is 17.9 Å². The Morgan fingerprint density at radius 2 is 2.10 bits per heavy atom. The second kappa shape index (κ2) is 8.09. The summed E-state index contributed by atoms with van der Waals surface area (Å²) in [6.45, 7) is 8.15. The van der Waals surface area contributed by atoms with Gasteiger partial charge in [0.1, 0.15) is 22.0 Å². The van der Waals surface area contributed by atoms with Crippen molar-refractivity contribution in [2.75, 3.05) is 6.61 Å². The summed E-state index contributed by atoms with van der Waals surface area (Å²) >= 11 is 1.22. The quantitative estimate of drug-likeness (QED) is 0.769. The summed E-state index contributed by atoms with van der Waals surface area (Å²) in [6.07, 6.45) is 1.67. The summed E-state index contributed by atoms with van der Waals surface area (Å²) in [5.74, 6) is -1.25. The molecule has 0 aliphatic carbocycles. The highest BCUT2D eigenvalue weighted by Gasteiger charge is 2.23. The van der Waals surface area contributed by atoms with E-state index in [-0.39, 0.29) is 12.0 Å². The van der Waals surface area contributed by atoms with Gasteiger partial charge in [0.05, 0.1) is 6.20 Å². The first kappa shape index (κ1) is 17.6. The molecule has 2 atom stereocenters. The highest BCUT2D eigenvalue weighted by molar-refractivity contribution is 7.13. The Hall–Kier alpha value is -1.47. The fraction of sp³-hybridized carbons (Fsp3) is 0.643. The summed E-state index contributed by atoms with van der Waals surface area (Å²) in [5.41, 5.74) is 0. The monoisotopic (exact) mass is 314 g/mol. The van der Waals surface area contributed by atoms with Gasteiger partial charge in [0, 0.05) is 6.61 Å². The van der Waals surface area contributed by atoms with Crippen LogP contribution >= 0.6 is 11.3 Å². The predicted octanol–water partition coefficient (Wildman–Crippen LogP) is 2.47. The van der Waals surface area contributed by atoms with Crippen LogP contribution < -0.4 is 5.32 Å². The lowest BCUT2D eigenvalue weighted by molar-refractivity contribution is -0.139. The van der Waals surface area contributed by atoms with Gasteiger partial charge in [-0.1, -0.05) is 13.8 Å². The van der Waals surface area contributed by atoms with Crippen molar-refractivity contribution in [1.29, 1.82) is 0 Å². The minimum Gasteiger partial charge on any atom is -0.480 e. The summed E-state index contributed by atoms with van der Waals surface area (Å²) in [6, 6.07) is -0.882. The van der Waals surface area contributed by atoms with Crippen LogP contribution in [0, 0.1) is 5.92 Å². The van der Waals surface area contributed by atoms with Crippen molar-refractivity contribution in [2.24, 2.45) is 5.92 Å². The van der Waals surface area contributed by atoms with Crippen LogP contribution in [0.1, 0.15) is 54.9 Å². The number of carboxylic acid groups (broad SMARTS) is 1. The number of nitrogens with zero attached hydrogens (tertiary/aromatic N) is 1. The van der Waals surface area contributed by atoms with E-state index in [0.29, 0.717) is 22.9 Å². The fourth-order valence-corrected chi connectivity index (χ4v) is 2.65. The molecule has 0 fully saturated rings. The number of aliphatic carboxylic acids is 1. The molecule has 0 saturated heterocycles. The average molecular weight is 314 g/mol.